The summed E-state index contributed by atoms with van der Waals surface area (Å²) in [4.78, 5) is 15.9. The van der Waals surface area contributed by atoms with Gasteiger partial charge in [0.15, 0.2) is 0 Å². The molecule has 0 spiro atoms. The normalized spacial score (nSPS) is 15.3. The van der Waals surface area contributed by atoms with Crippen LogP contribution in [0.5, 0.6) is 0 Å². The smallest absolute Gasteiger partial charge is 0.274 e. The Kier molecular flexibility index (Phi) is 5.08. The van der Waals surface area contributed by atoms with Gasteiger partial charge in [0.2, 0.25) is 0 Å². The van der Waals surface area contributed by atoms with Gasteiger partial charge in [0, 0.05) is 44.0 Å². The molecule has 1 amide bonds. The first-order valence-electron chi connectivity index (χ1n) is 7.92. The lowest BCUT2D eigenvalue weighted by atomic mass is 10.1. The van der Waals surface area contributed by atoms with Crippen LogP contribution in [0.25, 0.3) is 0 Å². The summed E-state index contributed by atoms with van der Waals surface area (Å²) >= 11 is 0. The fourth-order valence-electron chi connectivity index (χ4n) is 2.90. The van der Waals surface area contributed by atoms with Gasteiger partial charge in [-0.15, -0.1) is 0 Å². The molecule has 24 heavy (non-hydrogen) atoms. The van der Waals surface area contributed by atoms with Gasteiger partial charge in [0.1, 0.15) is 5.82 Å². The van der Waals surface area contributed by atoms with E-state index in [9.17, 15) is 9.18 Å². The number of carbonyl (C=O) groups excluding carboxylic acids is 1. The fourth-order valence-corrected chi connectivity index (χ4v) is 2.90. The molecule has 2 aromatic carbocycles. The van der Waals surface area contributed by atoms with Gasteiger partial charge in [-0.05, 0) is 42.0 Å². The molecule has 0 atom stereocenters. The summed E-state index contributed by atoms with van der Waals surface area (Å²) in [7, 11) is 0. The third-order valence-corrected chi connectivity index (χ3v) is 4.29. The molecule has 5 nitrogen and oxygen atoms in total. The van der Waals surface area contributed by atoms with E-state index < -0.39 is 5.91 Å². The Balaban J connectivity index is 1.53. The monoisotopic (exact) mass is 329 g/mol. The van der Waals surface area contributed by atoms with Crippen molar-refractivity contribution in [2.24, 2.45) is 0 Å². The number of carbonyl (C=O) groups is 1. The van der Waals surface area contributed by atoms with Crippen molar-refractivity contribution in [2.75, 3.05) is 31.1 Å². The lowest BCUT2D eigenvalue weighted by Gasteiger charge is -2.36. The van der Waals surface area contributed by atoms with E-state index in [1.807, 2.05) is 24.3 Å². The SMILES string of the molecule is O=C(NO)c1ccc(CN2CCN(c3ccc(F)cc3)CC2)cc1. The molecule has 0 unspecified atom stereocenters. The Hall–Kier alpha value is -2.44. The summed E-state index contributed by atoms with van der Waals surface area (Å²) in [6.45, 7) is 4.47. The van der Waals surface area contributed by atoms with E-state index in [1.54, 1.807) is 17.6 Å². The van der Waals surface area contributed by atoms with Gasteiger partial charge in [-0.25, -0.2) is 9.87 Å². The number of rotatable bonds is 4. The average Bonchev–Trinajstić information content (AvgIpc) is 2.63. The number of amides is 1. The number of benzene rings is 2. The standard InChI is InChI=1S/C18H20FN3O2/c19-16-5-7-17(8-6-16)22-11-9-21(10-12-22)13-14-1-3-15(4-2-14)18(23)20-24/h1-8,24H,9-13H2,(H,20,23). The largest absolute Gasteiger partial charge is 0.369 e. The van der Waals surface area contributed by atoms with E-state index in [0.29, 0.717) is 5.56 Å². The molecule has 2 aromatic rings. The predicted molar refractivity (Wildman–Crippen MR) is 89.6 cm³/mol. The Labute approximate surface area is 140 Å². The van der Waals surface area contributed by atoms with Gasteiger partial charge < -0.3 is 4.90 Å². The van der Waals surface area contributed by atoms with Gasteiger partial charge in [-0.3, -0.25) is 14.9 Å². The van der Waals surface area contributed by atoms with Crippen molar-refractivity contribution in [3.05, 3.63) is 65.5 Å². The third-order valence-electron chi connectivity index (χ3n) is 4.29. The summed E-state index contributed by atoms with van der Waals surface area (Å²) < 4.78 is 13.0. The molecule has 1 heterocycles. The van der Waals surface area contributed by atoms with Crippen LogP contribution in [0, 0.1) is 5.82 Å². The van der Waals surface area contributed by atoms with E-state index in [0.717, 1.165) is 44.0 Å². The van der Waals surface area contributed by atoms with Gasteiger partial charge in [0.05, 0.1) is 0 Å². The second-order valence-corrected chi connectivity index (χ2v) is 5.88. The molecule has 1 aliphatic rings. The number of piperazine rings is 1. The maximum Gasteiger partial charge on any atom is 0.274 e. The number of halogens is 1. The van der Waals surface area contributed by atoms with Gasteiger partial charge in [-0.1, -0.05) is 12.1 Å². The van der Waals surface area contributed by atoms with Crippen molar-refractivity contribution in [1.29, 1.82) is 0 Å². The van der Waals surface area contributed by atoms with Crippen molar-refractivity contribution >= 4 is 11.6 Å². The molecular weight excluding hydrogens is 309 g/mol. The number of hydroxylamine groups is 1. The Morgan fingerprint density at radius 3 is 2.21 bits per heavy atom. The highest BCUT2D eigenvalue weighted by Crippen LogP contribution is 2.18. The first-order valence-corrected chi connectivity index (χ1v) is 7.92. The third kappa shape index (κ3) is 3.90. The molecular formula is C18H20FN3O2. The fraction of sp³-hybridized carbons (Fsp3) is 0.278. The molecule has 0 bridgehead atoms. The lowest BCUT2D eigenvalue weighted by molar-refractivity contribution is 0.0706. The van der Waals surface area contributed by atoms with Crippen LogP contribution in [0.15, 0.2) is 48.5 Å². The van der Waals surface area contributed by atoms with Crippen LogP contribution < -0.4 is 10.4 Å². The van der Waals surface area contributed by atoms with Crippen LogP contribution >= 0.6 is 0 Å². The Morgan fingerprint density at radius 1 is 1.00 bits per heavy atom. The molecule has 0 aromatic heterocycles. The van der Waals surface area contributed by atoms with Crippen LogP contribution in [0.1, 0.15) is 15.9 Å². The van der Waals surface area contributed by atoms with Crippen LogP contribution in [-0.4, -0.2) is 42.2 Å². The Bertz CT molecular complexity index is 680. The van der Waals surface area contributed by atoms with Crippen molar-refractivity contribution < 1.29 is 14.4 Å². The summed E-state index contributed by atoms with van der Waals surface area (Å²) in [5, 5.41) is 8.62. The molecule has 0 radical (unpaired) electrons. The number of nitrogens with zero attached hydrogens (tertiary/aromatic N) is 2. The summed E-state index contributed by atoms with van der Waals surface area (Å²) in [6.07, 6.45) is 0. The van der Waals surface area contributed by atoms with E-state index in [-0.39, 0.29) is 5.82 Å². The van der Waals surface area contributed by atoms with Crippen molar-refractivity contribution in [2.45, 2.75) is 6.54 Å². The van der Waals surface area contributed by atoms with Gasteiger partial charge in [0.25, 0.3) is 5.91 Å². The minimum Gasteiger partial charge on any atom is -0.369 e. The van der Waals surface area contributed by atoms with E-state index in [1.165, 1.54) is 12.1 Å². The second-order valence-electron chi connectivity index (χ2n) is 5.88. The first kappa shape index (κ1) is 16.4. The molecule has 1 aliphatic heterocycles. The van der Waals surface area contributed by atoms with Crippen molar-refractivity contribution in [1.82, 2.24) is 10.4 Å². The summed E-state index contributed by atoms with van der Waals surface area (Å²) in [6, 6.07) is 13.8. The number of hydrogen-bond donors (Lipinski definition) is 2. The number of nitrogens with one attached hydrogen (secondary N) is 1. The molecule has 3 rings (SSSR count). The van der Waals surface area contributed by atoms with Crippen LogP contribution in [-0.2, 0) is 6.54 Å². The first-order chi connectivity index (χ1) is 11.7. The minimum absolute atomic E-state index is 0.212. The van der Waals surface area contributed by atoms with E-state index >= 15 is 0 Å². The predicted octanol–water partition coefficient (Wildman–Crippen LogP) is 2.27. The quantitative estimate of drug-likeness (QED) is 0.667. The zero-order valence-electron chi connectivity index (χ0n) is 13.3. The maximum absolute atomic E-state index is 13.0. The highest BCUT2D eigenvalue weighted by atomic mass is 19.1. The Morgan fingerprint density at radius 2 is 1.62 bits per heavy atom. The summed E-state index contributed by atoms with van der Waals surface area (Å²) in [5.41, 5.74) is 4.24. The highest BCUT2D eigenvalue weighted by Gasteiger charge is 2.17. The van der Waals surface area contributed by atoms with Crippen LogP contribution in [0.2, 0.25) is 0 Å². The van der Waals surface area contributed by atoms with Crippen molar-refractivity contribution in [3.63, 3.8) is 0 Å². The molecule has 126 valence electrons. The second kappa shape index (κ2) is 7.42. The molecule has 2 N–H and O–H groups in total. The van der Waals surface area contributed by atoms with E-state index in [2.05, 4.69) is 9.80 Å². The van der Waals surface area contributed by atoms with Crippen molar-refractivity contribution in [3.8, 4) is 0 Å². The van der Waals surface area contributed by atoms with Crippen LogP contribution in [0.4, 0.5) is 10.1 Å². The van der Waals surface area contributed by atoms with Crippen LogP contribution in [0.3, 0.4) is 0 Å². The molecule has 6 heteroatoms. The molecule has 1 saturated heterocycles. The summed E-state index contributed by atoms with van der Waals surface area (Å²) in [5.74, 6) is -0.717. The number of hydrogen-bond acceptors (Lipinski definition) is 4. The zero-order chi connectivity index (χ0) is 16.9. The highest BCUT2D eigenvalue weighted by molar-refractivity contribution is 5.93. The maximum atomic E-state index is 13.0. The molecule has 0 aliphatic carbocycles. The number of anilines is 1. The van der Waals surface area contributed by atoms with Gasteiger partial charge >= 0.3 is 0 Å². The topological polar surface area (TPSA) is 55.8 Å². The van der Waals surface area contributed by atoms with E-state index in [4.69, 9.17) is 5.21 Å². The molecule has 0 saturated carbocycles. The lowest BCUT2D eigenvalue weighted by Crippen LogP contribution is -2.45. The minimum atomic E-state index is -0.505. The van der Waals surface area contributed by atoms with Gasteiger partial charge in [-0.2, -0.15) is 0 Å². The molecule has 1 fully saturated rings. The zero-order valence-corrected chi connectivity index (χ0v) is 13.3. The average molecular weight is 329 g/mol.